The highest BCUT2D eigenvalue weighted by Crippen LogP contribution is 2.26. The molecule has 76 valence electrons. The Morgan fingerprint density at radius 1 is 1.29 bits per heavy atom. The summed E-state index contributed by atoms with van der Waals surface area (Å²) in [7, 11) is 0. The summed E-state index contributed by atoms with van der Waals surface area (Å²) in [5.74, 6) is 0. The fraction of sp³-hybridized carbons (Fsp3) is 0.455. The van der Waals surface area contributed by atoms with E-state index >= 15 is 0 Å². The van der Waals surface area contributed by atoms with E-state index in [4.69, 9.17) is 9.47 Å². The zero-order chi connectivity index (χ0) is 9.80. The van der Waals surface area contributed by atoms with Gasteiger partial charge in [0, 0.05) is 10.9 Å². The Hall–Kier alpha value is -0.380. The zero-order valence-electron chi connectivity index (χ0n) is 7.86. The second-order valence-corrected chi connectivity index (χ2v) is 3.96. The molecule has 1 aromatic rings. The first-order chi connectivity index (χ1) is 6.90. The quantitative estimate of drug-likeness (QED) is 0.758. The monoisotopic (exact) mass is 256 g/mol. The zero-order valence-corrected chi connectivity index (χ0v) is 9.44. The number of hydrogen-bond donors (Lipinski definition) is 0. The summed E-state index contributed by atoms with van der Waals surface area (Å²) in [5, 5.41) is 0.875. The van der Waals surface area contributed by atoms with Crippen LogP contribution in [0.15, 0.2) is 30.3 Å². The average molecular weight is 257 g/mol. The van der Waals surface area contributed by atoms with Crippen LogP contribution in [0.3, 0.4) is 0 Å². The van der Waals surface area contributed by atoms with Crippen LogP contribution in [0.1, 0.15) is 18.3 Å². The molecule has 1 saturated heterocycles. The van der Waals surface area contributed by atoms with Gasteiger partial charge < -0.3 is 9.47 Å². The molecule has 1 heterocycles. The van der Waals surface area contributed by atoms with Gasteiger partial charge in [-0.2, -0.15) is 0 Å². The molecule has 0 amide bonds. The molecule has 0 unspecified atom stereocenters. The van der Waals surface area contributed by atoms with Crippen molar-refractivity contribution in [1.29, 1.82) is 0 Å². The summed E-state index contributed by atoms with van der Waals surface area (Å²) >= 11 is 3.43. The van der Waals surface area contributed by atoms with Crippen molar-refractivity contribution in [3.05, 3.63) is 35.9 Å². The Morgan fingerprint density at radius 3 is 2.79 bits per heavy atom. The van der Waals surface area contributed by atoms with Crippen molar-refractivity contribution in [2.45, 2.75) is 18.8 Å². The minimum atomic E-state index is -0.188. The van der Waals surface area contributed by atoms with Crippen LogP contribution in [-0.2, 0) is 9.47 Å². The molecule has 2 rings (SSSR count). The lowest BCUT2D eigenvalue weighted by molar-refractivity contribution is -0.210. The third-order valence-electron chi connectivity index (χ3n) is 2.27. The highest BCUT2D eigenvalue weighted by molar-refractivity contribution is 9.09. The van der Waals surface area contributed by atoms with Crippen molar-refractivity contribution in [2.75, 3.05) is 11.9 Å². The molecule has 0 aromatic heterocycles. The Bertz CT molecular complexity index is 276. The molecule has 14 heavy (non-hydrogen) atoms. The van der Waals surface area contributed by atoms with E-state index in [1.165, 1.54) is 0 Å². The molecule has 0 aliphatic carbocycles. The number of rotatable bonds is 2. The van der Waals surface area contributed by atoms with E-state index < -0.39 is 0 Å². The summed E-state index contributed by atoms with van der Waals surface area (Å²) in [6, 6.07) is 10.1. The van der Waals surface area contributed by atoms with E-state index in [0.717, 1.165) is 23.9 Å². The Balaban J connectivity index is 2.04. The van der Waals surface area contributed by atoms with E-state index in [1.54, 1.807) is 0 Å². The Kier molecular flexibility index (Phi) is 3.56. The van der Waals surface area contributed by atoms with E-state index in [0.29, 0.717) is 0 Å². The van der Waals surface area contributed by atoms with Gasteiger partial charge in [-0.3, -0.25) is 0 Å². The van der Waals surface area contributed by atoms with E-state index in [9.17, 15) is 0 Å². The fourth-order valence-corrected chi connectivity index (χ4v) is 1.96. The van der Waals surface area contributed by atoms with Gasteiger partial charge >= 0.3 is 0 Å². The van der Waals surface area contributed by atoms with Crippen LogP contribution < -0.4 is 0 Å². The molecule has 1 fully saturated rings. The Labute approximate surface area is 92.3 Å². The summed E-state index contributed by atoms with van der Waals surface area (Å²) in [6.07, 6.45) is 1.05. The molecule has 1 aliphatic rings. The number of ether oxygens (including phenoxy) is 2. The average Bonchev–Trinajstić information content (AvgIpc) is 2.30. The predicted molar refractivity (Wildman–Crippen MR) is 58.4 cm³/mol. The highest BCUT2D eigenvalue weighted by atomic mass is 79.9. The summed E-state index contributed by atoms with van der Waals surface area (Å²) < 4.78 is 11.3. The molecule has 0 N–H and O–H groups in total. The van der Waals surface area contributed by atoms with Crippen molar-refractivity contribution >= 4 is 15.9 Å². The van der Waals surface area contributed by atoms with Gasteiger partial charge in [0.05, 0.1) is 12.7 Å². The maximum Gasteiger partial charge on any atom is 0.184 e. The standard InChI is InChI=1S/C11H13BrO2/c12-8-10-6-7-13-11(14-10)9-4-2-1-3-5-9/h1-5,10-11H,6-8H2/t10-,11+/m0/s1. The summed E-state index contributed by atoms with van der Waals surface area (Å²) in [6.45, 7) is 0.774. The molecular formula is C11H13BrO2. The van der Waals surface area contributed by atoms with Crippen LogP contribution in [-0.4, -0.2) is 18.0 Å². The summed E-state index contributed by atoms with van der Waals surface area (Å²) in [5.41, 5.74) is 1.10. The normalized spacial score (nSPS) is 27.5. The second-order valence-electron chi connectivity index (χ2n) is 3.31. The van der Waals surface area contributed by atoms with Gasteiger partial charge in [-0.1, -0.05) is 46.3 Å². The maximum atomic E-state index is 5.75. The van der Waals surface area contributed by atoms with Crippen molar-refractivity contribution in [3.63, 3.8) is 0 Å². The second kappa shape index (κ2) is 4.91. The SMILES string of the molecule is BrC[C@@H]1CCO[C@@H](c2ccccc2)O1. The fourth-order valence-electron chi connectivity index (χ4n) is 1.49. The van der Waals surface area contributed by atoms with Crippen molar-refractivity contribution in [1.82, 2.24) is 0 Å². The van der Waals surface area contributed by atoms with Gasteiger partial charge in [-0.05, 0) is 6.42 Å². The van der Waals surface area contributed by atoms with Gasteiger partial charge in [-0.15, -0.1) is 0 Å². The third-order valence-corrected chi connectivity index (χ3v) is 2.99. The lowest BCUT2D eigenvalue weighted by Gasteiger charge is -2.29. The molecule has 2 nitrogen and oxygen atoms in total. The van der Waals surface area contributed by atoms with Gasteiger partial charge in [0.15, 0.2) is 6.29 Å². The van der Waals surface area contributed by atoms with E-state index in [2.05, 4.69) is 15.9 Å². The van der Waals surface area contributed by atoms with Crippen LogP contribution in [0, 0.1) is 0 Å². The smallest absolute Gasteiger partial charge is 0.184 e. The predicted octanol–water partition coefficient (Wildman–Crippen LogP) is 2.89. The van der Waals surface area contributed by atoms with Crippen LogP contribution >= 0.6 is 15.9 Å². The molecule has 2 atom stereocenters. The molecule has 0 radical (unpaired) electrons. The molecule has 0 saturated carbocycles. The highest BCUT2D eigenvalue weighted by Gasteiger charge is 2.22. The Morgan fingerprint density at radius 2 is 2.07 bits per heavy atom. The third kappa shape index (κ3) is 2.35. The van der Waals surface area contributed by atoms with Crippen LogP contribution in [0.4, 0.5) is 0 Å². The minimum Gasteiger partial charge on any atom is -0.348 e. The first kappa shape index (κ1) is 10.1. The van der Waals surface area contributed by atoms with Gasteiger partial charge in [0.2, 0.25) is 0 Å². The lowest BCUT2D eigenvalue weighted by Crippen LogP contribution is -2.27. The number of halogens is 1. The van der Waals surface area contributed by atoms with Crippen molar-refractivity contribution < 1.29 is 9.47 Å². The van der Waals surface area contributed by atoms with Crippen LogP contribution in [0.5, 0.6) is 0 Å². The maximum absolute atomic E-state index is 5.75. The lowest BCUT2D eigenvalue weighted by atomic mass is 10.2. The molecule has 0 bridgehead atoms. The summed E-state index contributed by atoms with van der Waals surface area (Å²) in [4.78, 5) is 0. The first-order valence-corrected chi connectivity index (χ1v) is 5.90. The number of benzene rings is 1. The topological polar surface area (TPSA) is 18.5 Å². The molecular weight excluding hydrogens is 244 g/mol. The number of hydrogen-bond acceptors (Lipinski definition) is 2. The van der Waals surface area contributed by atoms with E-state index in [1.807, 2.05) is 30.3 Å². The molecule has 1 aliphatic heterocycles. The van der Waals surface area contributed by atoms with Crippen molar-refractivity contribution in [3.8, 4) is 0 Å². The van der Waals surface area contributed by atoms with Crippen molar-refractivity contribution in [2.24, 2.45) is 0 Å². The van der Waals surface area contributed by atoms with Crippen LogP contribution in [0.25, 0.3) is 0 Å². The van der Waals surface area contributed by atoms with Gasteiger partial charge in [0.25, 0.3) is 0 Å². The van der Waals surface area contributed by atoms with Crippen LogP contribution in [0.2, 0.25) is 0 Å². The largest absolute Gasteiger partial charge is 0.348 e. The van der Waals surface area contributed by atoms with E-state index in [-0.39, 0.29) is 12.4 Å². The number of alkyl halides is 1. The molecule has 3 heteroatoms. The first-order valence-electron chi connectivity index (χ1n) is 4.78. The van der Waals surface area contributed by atoms with Gasteiger partial charge in [-0.25, -0.2) is 0 Å². The molecule has 0 spiro atoms. The molecule has 1 aromatic carbocycles. The van der Waals surface area contributed by atoms with Gasteiger partial charge in [0.1, 0.15) is 0 Å². The minimum absolute atomic E-state index is 0.188.